The minimum Gasteiger partial charge on any atom is -0.310 e. The maximum absolute atomic E-state index is 2.42. The molecule has 2 aliphatic rings. The monoisotopic (exact) mass is 685 g/mol. The maximum atomic E-state index is 2.42. The molecular weight excluding hydrogens is 651 g/mol. The Morgan fingerprint density at radius 1 is 0.278 bits per heavy atom. The topological polar surface area (TPSA) is 3.24 Å². The average molecular weight is 686 g/mol. The van der Waals surface area contributed by atoms with Crippen LogP contribution in [0.15, 0.2) is 212 Å². The molecule has 9 aromatic rings. The molecule has 0 heterocycles. The molecule has 0 saturated heterocycles. The van der Waals surface area contributed by atoms with E-state index in [-0.39, 0.29) is 5.41 Å². The van der Waals surface area contributed by atoms with Crippen LogP contribution in [0.5, 0.6) is 0 Å². The van der Waals surface area contributed by atoms with Crippen LogP contribution in [0.3, 0.4) is 0 Å². The third kappa shape index (κ3) is 4.45. The van der Waals surface area contributed by atoms with Crippen molar-refractivity contribution >= 4 is 27.8 Å². The van der Waals surface area contributed by atoms with Crippen molar-refractivity contribution in [3.05, 3.63) is 235 Å². The van der Waals surface area contributed by atoms with Gasteiger partial charge in [0.1, 0.15) is 0 Å². The first-order valence-corrected chi connectivity index (χ1v) is 18.8. The lowest BCUT2D eigenvalue weighted by atomic mass is 9.70. The maximum Gasteiger partial charge on any atom is 0.0725 e. The van der Waals surface area contributed by atoms with Crippen molar-refractivity contribution in [2.75, 3.05) is 4.90 Å². The minimum atomic E-state index is -0.349. The largest absolute Gasteiger partial charge is 0.310 e. The fourth-order valence-corrected chi connectivity index (χ4v) is 9.39. The quantitative estimate of drug-likeness (QED) is 0.174. The molecule has 1 spiro atoms. The molecule has 0 unspecified atom stereocenters. The predicted molar refractivity (Wildman–Crippen MR) is 226 cm³/mol. The normalized spacial score (nSPS) is 13.0. The second-order valence-electron chi connectivity index (χ2n) is 14.4. The Labute approximate surface area is 316 Å². The van der Waals surface area contributed by atoms with Gasteiger partial charge in [0.15, 0.2) is 0 Å². The molecule has 0 fully saturated rings. The van der Waals surface area contributed by atoms with Gasteiger partial charge in [0.2, 0.25) is 0 Å². The van der Waals surface area contributed by atoms with Gasteiger partial charge in [-0.15, -0.1) is 0 Å². The van der Waals surface area contributed by atoms with Crippen molar-refractivity contribution in [1.82, 2.24) is 0 Å². The summed E-state index contributed by atoms with van der Waals surface area (Å²) in [6.45, 7) is 0. The number of anilines is 3. The molecule has 252 valence electrons. The van der Waals surface area contributed by atoms with Gasteiger partial charge in [0, 0.05) is 17.1 Å². The van der Waals surface area contributed by atoms with Crippen LogP contribution in [0.1, 0.15) is 22.3 Å². The number of benzene rings is 9. The molecule has 0 radical (unpaired) electrons. The lowest BCUT2D eigenvalue weighted by Crippen LogP contribution is -2.25. The van der Waals surface area contributed by atoms with Crippen LogP contribution in [0, 0.1) is 0 Å². The van der Waals surface area contributed by atoms with Crippen molar-refractivity contribution in [3.63, 3.8) is 0 Å². The van der Waals surface area contributed by atoms with E-state index in [0.29, 0.717) is 0 Å². The van der Waals surface area contributed by atoms with Crippen molar-refractivity contribution in [2.24, 2.45) is 0 Å². The van der Waals surface area contributed by atoms with Gasteiger partial charge in [-0.2, -0.15) is 0 Å². The number of fused-ring (bicyclic) bond motifs is 11. The Balaban J connectivity index is 1.03. The molecule has 2 aliphatic carbocycles. The van der Waals surface area contributed by atoms with E-state index in [1.807, 2.05) is 0 Å². The smallest absolute Gasteiger partial charge is 0.0725 e. The fourth-order valence-electron chi connectivity index (χ4n) is 9.39. The summed E-state index contributed by atoms with van der Waals surface area (Å²) in [6.07, 6.45) is 0. The summed E-state index contributed by atoms with van der Waals surface area (Å²) < 4.78 is 0. The highest BCUT2D eigenvalue weighted by Gasteiger charge is 2.51. The number of hydrogen-bond donors (Lipinski definition) is 0. The van der Waals surface area contributed by atoms with Gasteiger partial charge >= 0.3 is 0 Å². The summed E-state index contributed by atoms with van der Waals surface area (Å²) in [5.41, 5.74) is 18.6. The zero-order chi connectivity index (χ0) is 35.6. The molecular formula is C53H35N. The zero-order valence-corrected chi connectivity index (χ0v) is 29.7. The van der Waals surface area contributed by atoms with Crippen LogP contribution in [-0.4, -0.2) is 0 Å². The predicted octanol–water partition coefficient (Wildman–Crippen LogP) is 14.0. The van der Waals surface area contributed by atoms with Crippen molar-refractivity contribution in [2.45, 2.75) is 5.41 Å². The van der Waals surface area contributed by atoms with E-state index in [4.69, 9.17) is 0 Å². The van der Waals surface area contributed by atoms with Gasteiger partial charge in [-0.1, -0.05) is 170 Å². The van der Waals surface area contributed by atoms with Crippen molar-refractivity contribution < 1.29 is 0 Å². The fraction of sp³-hybridized carbons (Fsp3) is 0.0189. The van der Waals surface area contributed by atoms with Crippen LogP contribution < -0.4 is 4.90 Å². The summed E-state index contributed by atoms with van der Waals surface area (Å²) in [6, 6.07) is 78.1. The molecule has 0 saturated carbocycles. The molecule has 0 N–H and O–H groups in total. The number of nitrogens with zero attached hydrogens (tertiary/aromatic N) is 1. The first-order chi connectivity index (χ1) is 26.8. The van der Waals surface area contributed by atoms with E-state index in [0.717, 1.165) is 17.1 Å². The van der Waals surface area contributed by atoms with Crippen molar-refractivity contribution in [3.8, 4) is 44.5 Å². The summed E-state index contributed by atoms with van der Waals surface area (Å²) in [5.74, 6) is 0. The van der Waals surface area contributed by atoms with E-state index in [9.17, 15) is 0 Å². The first kappa shape index (κ1) is 30.6. The van der Waals surface area contributed by atoms with E-state index >= 15 is 0 Å². The van der Waals surface area contributed by atoms with E-state index in [1.165, 1.54) is 77.5 Å². The average Bonchev–Trinajstić information content (AvgIpc) is 3.71. The molecule has 9 aromatic carbocycles. The Morgan fingerprint density at radius 3 is 1.44 bits per heavy atom. The number of para-hydroxylation sites is 1. The van der Waals surface area contributed by atoms with Gasteiger partial charge in [0.05, 0.1) is 5.41 Å². The van der Waals surface area contributed by atoms with Gasteiger partial charge in [-0.3, -0.25) is 0 Å². The standard InChI is InChI=1S/C53H35N/c1-3-14-37(15-4-1)43-22-13-16-39-34-38(28-32-44(39)43)36-26-29-41(30-27-36)54(40-17-5-2-6-18-40)42-31-33-52-48(35-42)47-21-9-12-25-51(47)53(52)49-23-10-7-19-45(49)46-20-8-11-24-50(46)53/h1-35H. The van der Waals surface area contributed by atoms with Crippen molar-refractivity contribution in [1.29, 1.82) is 0 Å². The Morgan fingerprint density at radius 2 is 0.778 bits per heavy atom. The lowest BCUT2D eigenvalue weighted by molar-refractivity contribution is 0.794. The first-order valence-electron chi connectivity index (χ1n) is 18.8. The van der Waals surface area contributed by atoms with E-state index < -0.39 is 0 Å². The molecule has 0 aliphatic heterocycles. The molecule has 0 aromatic heterocycles. The van der Waals surface area contributed by atoms with Crippen LogP contribution in [0.2, 0.25) is 0 Å². The molecule has 0 bridgehead atoms. The second kappa shape index (κ2) is 12.0. The third-order valence-corrected chi connectivity index (χ3v) is 11.7. The second-order valence-corrected chi connectivity index (χ2v) is 14.4. The van der Waals surface area contributed by atoms with Crippen LogP contribution in [-0.2, 0) is 5.41 Å². The molecule has 54 heavy (non-hydrogen) atoms. The number of rotatable bonds is 5. The third-order valence-electron chi connectivity index (χ3n) is 11.7. The van der Waals surface area contributed by atoms with Gasteiger partial charge < -0.3 is 4.90 Å². The summed E-state index contributed by atoms with van der Waals surface area (Å²) >= 11 is 0. The lowest BCUT2D eigenvalue weighted by Gasteiger charge is -2.31. The molecule has 0 amide bonds. The highest BCUT2D eigenvalue weighted by atomic mass is 15.1. The van der Waals surface area contributed by atoms with Crippen LogP contribution >= 0.6 is 0 Å². The zero-order valence-electron chi connectivity index (χ0n) is 29.7. The Kier molecular flexibility index (Phi) is 6.84. The SMILES string of the molecule is c1ccc(-c2cccc3cc(-c4ccc(N(c5ccccc5)c5ccc6c(c5)-c5ccccc5C65c6ccccc6-c6ccccc65)cc4)ccc23)cc1. The Hall–Kier alpha value is -6.96. The summed E-state index contributed by atoms with van der Waals surface area (Å²) in [5, 5.41) is 2.51. The summed E-state index contributed by atoms with van der Waals surface area (Å²) in [7, 11) is 0. The number of hydrogen-bond acceptors (Lipinski definition) is 1. The molecule has 1 heteroatoms. The Bertz CT molecular complexity index is 2820. The van der Waals surface area contributed by atoms with E-state index in [1.54, 1.807) is 0 Å². The van der Waals surface area contributed by atoms with Gasteiger partial charge in [-0.05, 0) is 120 Å². The van der Waals surface area contributed by atoms with Crippen LogP contribution in [0.25, 0.3) is 55.3 Å². The highest BCUT2D eigenvalue weighted by molar-refractivity contribution is 5.99. The molecule has 0 atom stereocenters. The minimum absolute atomic E-state index is 0.349. The van der Waals surface area contributed by atoms with Gasteiger partial charge in [-0.25, -0.2) is 0 Å². The highest BCUT2D eigenvalue weighted by Crippen LogP contribution is 2.63. The van der Waals surface area contributed by atoms with Crippen LogP contribution in [0.4, 0.5) is 17.1 Å². The molecule has 11 rings (SSSR count). The summed E-state index contributed by atoms with van der Waals surface area (Å²) in [4.78, 5) is 2.39. The van der Waals surface area contributed by atoms with Gasteiger partial charge in [0.25, 0.3) is 0 Å². The molecule has 1 nitrogen and oxygen atoms in total. The van der Waals surface area contributed by atoms with E-state index in [2.05, 4.69) is 217 Å².